The van der Waals surface area contributed by atoms with E-state index in [9.17, 15) is 14.4 Å². The van der Waals surface area contributed by atoms with E-state index in [0.717, 1.165) is 5.56 Å². The van der Waals surface area contributed by atoms with Crippen LogP contribution in [-0.2, 0) is 19.1 Å². The smallest absolute Gasteiger partial charge is 0.339 e. The summed E-state index contributed by atoms with van der Waals surface area (Å²) in [5.74, 6) is -1.73. The van der Waals surface area contributed by atoms with Gasteiger partial charge in [-0.15, -0.1) is 0 Å². The van der Waals surface area contributed by atoms with Crippen LogP contribution in [-0.4, -0.2) is 47.7 Å². The van der Waals surface area contributed by atoms with Crippen LogP contribution in [0.25, 0.3) is 22.4 Å². The molecule has 0 spiro atoms. The Morgan fingerprint density at radius 1 is 1.16 bits per heavy atom. The molecule has 0 saturated heterocycles. The molecular weight excluding hydrogens is 414 g/mol. The normalized spacial score (nSPS) is 11.9. The molecule has 3 aromatic rings. The van der Waals surface area contributed by atoms with Crippen LogP contribution in [0.3, 0.4) is 0 Å². The van der Waals surface area contributed by atoms with E-state index in [1.807, 2.05) is 44.2 Å². The second-order valence-electron chi connectivity index (χ2n) is 7.72. The minimum atomic E-state index is -0.816. The Kier molecular flexibility index (Phi) is 7.19. The fourth-order valence-electron chi connectivity index (χ4n) is 3.29. The molecule has 0 bridgehead atoms. The predicted octanol–water partition coefficient (Wildman–Crippen LogP) is 3.06. The number of aromatic nitrogens is 2. The molecule has 9 heteroatoms. The largest absolute Gasteiger partial charge is 0.467 e. The average molecular weight is 439 g/mol. The first-order valence-electron chi connectivity index (χ1n) is 10.2. The summed E-state index contributed by atoms with van der Waals surface area (Å²) in [6, 6.07) is 10.0. The Labute approximate surface area is 185 Å². The molecule has 0 radical (unpaired) electrons. The lowest BCUT2D eigenvalue weighted by Crippen LogP contribution is -2.44. The number of nitrogens with one attached hydrogen (secondary N) is 1. The van der Waals surface area contributed by atoms with Crippen molar-refractivity contribution in [3.8, 4) is 11.3 Å². The molecule has 1 atom stereocenters. The van der Waals surface area contributed by atoms with Gasteiger partial charge in [0.1, 0.15) is 6.04 Å². The summed E-state index contributed by atoms with van der Waals surface area (Å²) in [6.07, 6.45) is 0.400. The van der Waals surface area contributed by atoms with Crippen molar-refractivity contribution in [3.05, 3.63) is 47.7 Å². The maximum Gasteiger partial charge on any atom is 0.339 e. The van der Waals surface area contributed by atoms with Crippen molar-refractivity contribution < 1.29 is 28.4 Å². The number of hydrogen-bond donors (Lipinski definition) is 1. The molecule has 1 amide bonds. The zero-order valence-corrected chi connectivity index (χ0v) is 18.4. The van der Waals surface area contributed by atoms with E-state index in [-0.39, 0.29) is 17.2 Å². The lowest BCUT2D eigenvalue weighted by molar-refractivity contribution is -0.145. The summed E-state index contributed by atoms with van der Waals surface area (Å²) >= 11 is 0. The first-order valence-corrected chi connectivity index (χ1v) is 10.2. The predicted molar refractivity (Wildman–Crippen MR) is 116 cm³/mol. The van der Waals surface area contributed by atoms with Crippen LogP contribution in [0, 0.1) is 12.8 Å². The summed E-state index contributed by atoms with van der Waals surface area (Å²) in [5.41, 5.74) is 2.15. The molecule has 1 N–H and O–H groups in total. The van der Waals surface area contributed by atoms with E-state index >= 15 is 0 Å². The van der Waals surface area contributed by atoms with Gasteiger partial charge in [0.15, 0.2) is 6.61 Å². The Balaban J connectivity index is 1.78. The van der Waals surface area contributed by atoms with Gasteiger partial charge in [0.05, 0.1) is 29.4 Å². The van der Waals surface area contributed by atoms with Crippen LogP contribution >= 0.6 is 0 Å². The molecule has 2 heterocycles. The number of carbonyl (C=O) groups excluding carboxylic acids is 3. The number of nitrogens with zero attached hydrogens (tertiary/aromatic N) is 2. The van der Waals surface area contributed by atoms with Gasteiger partial charge in [-0.25, -0.2) is 14.6 Å². The topological polar surface area (TPSA) is 121 Å². The van der Waals surface area contributed by atoms with Gasteiger partial charge >= 0.3 is 11.9 Å². The van der Waals surface area contributed by atoms with E-state index in [1.165, 1.54) is 7.11 Å². The molecule has 2 aromatic heterocycles. The van der Waals surface area contributed by atoms with Gasteiger partial charge in [-0.3, -0.25) is 4.79 Å². The van der Waals surface area contributed by atoms with Crippen LogP contribution in [0.2, 0.25) is 0 Å². The number of esters is 2. The number of pyridine rings is 1. The summed E-state index contributed by atoms with van der Waals surface area (Å²) < 4.78 is 15.2. The van der Waals surface area contributed by atoms with Crippen molar-refractivity contribution in [2.45, 2.75) is 33.2 Å². The highest BCUT2D eigenvalue weighted by molar-refractivity contribution is 6.04. The molecule has 9 nitrogen and oxygen atoms in total. The van der Waals surface area contributed by atoms with E-state index in [1.54, 1.807) is 13.0 Å². The number of ether oxygens (including phenoxy) is 2. The Morgan fingerprint density at radius 2 is 1.88 bits per heavy atom. The van der Waals surface area contributed by atoms with Crippen LogP contribution in [0.4, 0.5) is 0 Å². The van der Waals surface area contributed by atoms with Crippen molar-refractivity contribution in [1.29, 1.82) is 0 Å². The molecule has 1 aromatic carbocycles. The maximum absolute atomic E-state index is 12.9. The standard InChI is InChI=1S/C23H25N3O6/c1-13(2)10-18(23(29)30-4)24-19(27)12-31-22(28)16-11-17(15-8-6-5-7-9-15)25-21-20(16)14(3)26-32-21/h5-9,11,13,18H,10,12H2,1-4H3,(H,24,27). The van der Waals surface area contributed by atoms with Gasteiger partial charge < -0.3 is 19.3 Å². The molecule has 3 rings (SSSR count). The Hall–Kier alpha value is -3.75. The molecule has 0 aliphatic rings. The number of hydrogen-bond acceptors (Lipinski definition) is 8. The molecular formula is C23H25N3O6. The van der Waals surface area contributed by atoms with Crippen molar-refractivity contribution in [3.63, 3.8) is 0 Å². The Morgan fingerprint density at radius 3 is 2.53 bits per heavy atom. The highest BCUT2D eigenvalue weighted by atomic mass is 16.5. The maximum atomic E-state index is 12.9. The molecule has 0 aliphatic heterocycles. The number of methoxy groups -OCH3 is 1. The van der Waals surface area contributed by atoms with Gasteiger partial charge in [0, 0.05) is 5.56 Å². The lowest BCUT2D eigenvalue weighted by atomic mass is 10.0. The zero-order chi connectivity index (χ0) is 23.3. The second-order valence-corrected chi connectivity index (χ2v) is 7.72. The highest BCUT2D eigenvalue weighted by Gasteiger charge is 2.24. The fourth-order valence-corrected chi connectivity index (χ4v) is 3.29. The van der Waals surface area contributed by atoms with Gasteiger partial charge in [-0.05, 0) is 25.3 Å². The summed E-state index contributed by atoms with van der Waals surface area (Å²) in [4.78, 5) is 41.5. The summed E-state index contributed by atoms with van der Waals surface area (Å²) in [6.45, 7) is 4.97. The van der Waals surface area contributed by atoms with E-state index in [4.69, 9.17) is 14.0 Å². The zero-order valence-electron chi connectivity index (χ0n) is 18.4. The molecule has 168 valence electrons. The van der Waals surface area contributed by atoms with Crippen molar-refractivity contribution >= 4 is 28.9 Å². The highest BCUT2D eigenvalue weighted by Crippen LogP contribution is 2.27. The third kappa shape index (κ3) is 5.29. The lowest BCUT2D eigenvalue weighted by Gasteiger charge is -2.18. The molecule has 0 fully saturated rings. The SMILES string of the molecule is COC(=O)C(CC(C)C)NC(=O)COC(=O)c1cc(-c2ccccc2)nc2onc(C)c12. The van der Waals surface area contributed by atoms with Crippen LogP contribution < -0.4 is 5.32 Å². The number of rotatable bonds is 8. The number of carbonyl (C=O) groups is 3. The number of benzene rings is 1. The van der Waals surface area contributed by atoms with Crippen molar-refractivity contribution in [2.75, 3.05) is 13.7 Å². The number of amides is 1. The van der Waals surface area contributed by atoms with Gasteiger partial charge in [0.2, 0.25) is 0 Å². The monoisotopic (exact) mass is 439 g/mol. The minimum absolute atomic E-state index is 0.153. The molecule has 1 unspecified atom stereocenters. The molecule has 0 saturated carbocycles. The first kappa shape index (κ1) is 22.9. The van der Waals surface area contributed by atoms with Gasteiger partial charge in [-0.1, -0.05) is 49.3 Å². The molecule has 0 aliphatic carbocycles. The number of fused-ring (bicyclic) bond motifs is 1. The Bertz CT molecular complexity index is 1120. The van der Waals surface area contributed by atoms with Gasteiger partial charge in [-0.2, -0.15) is 0 Å². The van der Waals surface area contributed by atoms with Crippen LogP contribution in [0.5, 0.6) is 0 Å². The summed E-state index contributed by atoms with van der Waals surface area (Å²) in [5, 5.41) is 6.86. The minimum Gasteiger partial charge on any atom is -0.467 e. The fraction of sp³-hybridized carbons (Fsp3) is 0.348. The molecule has 32 heavy (non-hydrogen) atoms. The average Bonchev–Trinajstić information content (AvgIpc) is 3.16. The van der Waals surface area contributed by atoms with E-state index < -0.39 is 30.5 Å². The van der Waals surface area contributed by atoms with Gasteiger partial charge in [0.25, 0.3) is 11.6 Å². The van der Waals surface area contributed by atoms with E-state index in [2.05, 4.69) is 15.5 Å². The van der Waals surface area contributed by atoms with Crippen LogP contribution in [0.1, 0.15) is 36.3 Å². The second kappa shape index (κ2) is 10.0. The third-order valence-corrected chi connectivity index (χ3v) is 4.77. The first-order chi connectivity index (χ1) is 15.3. The summed E-state index contributed by atoms with van der Waals surface area (Å²) in [7, 11) is 1.25. The van der Waals surface area contributed by atoms with Crippen LogP contribution in [0.15, 0.2) is 40.9 Å². The van der Waals surface area contributed by atoms with E-state index in [0.29, 0.717) is 23.2 Å². The van der Waals surface area contributed by atoms with Crippen molar-refractivity contribution in [2.24, 2.45) is 5.92 Å². The number of aryl methyl sites for hydroxylation is 1. The quantitative estimate of drug-likeness (QED) is 0.532. The third-order valence-electron chi connectivity index (χ3n) is 4.77. The van der Waals surface area contributed by atoms with Crippen molar-refractivity contribution in [1.82, 2.24) is 15.5 Å².